The van der Waals surface area contributed by atoms with Crippen LogP contribution in [-0.4, -0.2) is 48.7 Å². The Hall–Kier alpha value is -2.41. The van der Waals surface area contributed by atoms with Crippen LogP contribution in [0.25, 0.3) is 0 Å². The van der Waals surface area contributed by atoms with Crippen LogP contribution in [0.3, 0.4) is 0 Å². The van der Waals surface area contributed by atoms with Crippen LogP contribution >= 0.6 is 0 Å². The molecule has 1 rings (SSSR count). The van der Waals surface area contributed by atoms with Crippen molar-refractivity contribution < 1.29 is 31.1 Å². The Labute approximate surface area is 167 Å². The number of carboxylic acid groups (broad SMARTS) is 1. The first-order valence-corrected chi connectivity index (χ1v) is 8.58. The lowest BCUT2D eigenvalue weighted by Crippen LogP contribution is -2.52. The minimum Gasteiger partial charge on any atom is -0.481 e. The molecule has 0 aliphatic heterocycles. The summed E-state index contributed by atoms with van der Waals surface area (Å²) in [7, 11) is 1.08. The zero-order valence-corrected chi connectivity index (χ0v) is 16.1. The molecule has 7 heteroatoms. The zero-order valence-electron chi connectivity index (χ0n) is 21.1. The highest BCUT2D eigenvalue weighted by Crippen LogP contribution is 2.17. The summed E-state index contributed by atoms with van der Waals surface area (Å²) in [6, 6.07) is -5.22. The Morgan fingerprint density at radius 2 is 1.81 bits per heavy atom. The normalized spacial score (nSPS) is 16.1. The van der Waals surface area contributed by atoms with Crippen LogP contribution in [0.4, 0.5) is 0 Å². The molecular formula is C20H30N2O5. The van der Waals surface area contributed by atoms with Gasteiger partial charge in [0.25, 0.3) is 0 Å². The summed E-state index contributed by atoms with van der Waals surface area (Å²) < 4.78 is 43.9. The van der Waals surface area contributed by atoms with Crippen LogP contribution in [0, 0.1) is 5.41 Å². The van der Waals surface area contributed by atoms with Crippen molar-refractivity contribution in [3.8, 4) is 0 Å². The van der Waals surface area contributed by atoms with E-state index in [1.165, 1.54) is 0 Å². The van der Waals surface area contributed by atoms with Gasteiger partial charge in [-0.25, -0.2) is 4.79 Å². The first-order valence-electron chi connectivity index (χ1n) is 11.1. The number of carbonyl (C=O) groups is 3. The topological polar surface area (TPSA) is 105 Å². The second-order valence-electron chi connectivity index (χ2n) is 7.31. The molecule has 0 unspecified atom stereocenters. The molecule has 0 heterocycles. The van der Waals surface area contributed by atoms with Crippen molar-refractivity contribution in [3.05, 3.63) is 35.8 Å². The maximum absolute atomic E-state index is 12.8. The van der Waals surface area contributed by atoms with Gasteiger partial charge in [-0.15, -0.1) is 0 Å². The Morgan fingerprint density at radius 1 is 1.19 bits per heavy atom. The largest absolute Gasteiger partial charge is 0.481 e. The van der Waals surface area contributed by atoms with Gasteiger partial charge in [0.2, 0.25) is 5.91 Å². The number of rotatable bonds is 10. The smallest absolute Gasteiger partial charge is 0.328 e. The highest BCUT2D eigenvalue weighted by atomic mass is 16.5. The third-order valence-corrected chi connectivity index (χ3v) is 3.72. The van der Waals surface area contributed by atoms with Crippen molar-refractivity contribution in [2.75, 3.05) is 13.7 Å². The molecule has 150 valence electrons. The molecule has 0 radical (unpaired) electrons. The average molecular weight is 383 g/mol. The summed E-state index contributed by atoms with van der Waals surface area (Å²) in [4.78, 5) is 36.3. The van der Waals surface area contributed by atoms with Gasteiger partial charge in [0.05, 0.1) is 26.4 Å². The Bertz CT molecular complexity index is 844. The second-order valence-corrected chi connectivity index (χ2v) is 7.31. The van der Waals surface area contributed by atoms with Crippen LogP contribution in [0.5, 0.6) is 0 Å². The fraction of sp³-hybridized carbons (Fsp3) is 0.550. The standard InChI is InChI=1S/C20H30N2O5/c1-20(2,3)10-11-21-15(13-17(23)24)18(25)22-16(19(26)27-4)12-14-8-6-5-7-9-14/h5-9,15-16,21H,10-13H2,1-4H3,(H,22,25)(H,23,24)/t15-,16-/m1/s1/i5D,6D,7D,8D,9D. The van der Waals surface area contributed by atoms with Crippen molar-refractivity contribution in [2.45, 2.75) is 52.1 Å². The van der Waals surface area contributed by atoms with Crippen molar-refractivity contribution in [1.29, 1.82) is 0 Å². The van der Waals surface area contributed by atoms with E-state index in [4.69, 9.17) is 16.7 Å². The minimum absolute atomic E-state index is 0.0488. The molecule has 0 fully saturated rings. The zero-order chi connectivity index (χ0) is 24.8. The first kappa shape index (κ1) is 15.6. The summed E-state index contributed by atoms with van der Waals surface area (Å²) in [6.45, 7) is 6.35. The molecular weight excluding hydrogens is 348 g/mol. The van der Waals surface area contributed by atoms with Crippen molar-refractivity contribution in [3.63, 3.8) is 0 Å². The molecule has 27 heavy (non-hydrogen) atoms. The number of nitrogens with one attached hydrogen (secondary N) is 2. The predicted molar refractivity (Wildman–Crippen MR) is 102 cm³/mol. The maximum Gasteiger partial charge on any atom is 0.328 e. The molecule has 1 amide bonds. The molecule has 1 aromatic rings. The lowest BCUT2D eigenvalue weighted by atomic mass is 9.92. The number of esters is 1. The summed E-state index contributed by atoms with van der Waals surface area (Å²) in [5.74, 6) is -2.88. The quantitative estimate of drug-likeness (QED) is 0.532. The Balaban J connectivity index is 3.14. The van der Waals surface area contributed by atoms with Crippen LogP contribution in [0.15, 0.2) is 30.2 Å². The number of methoxy groups -OCH3 is 1. The second kappa shape index (κ2) is 10.7. The van der Waals surface area contributed by atoms with Gasteiger partial charge in [0.15, 0.2) is 0 Å². The van der Waals surface area contributed by atoms with Gasteiger partial charge in [-0.2, -0.15) is 0 Å². The van der Waals surface area contributed by atoms with Crippen molar-refractivity contribution >= 4 is 17.8 Å². The van der Waals surface area contributed by atoms with E-state index in [0.717, 1.165) is 7.11 Å². The molecule has 1 aromatic carbocycles. The third-order valence-electron chi connectivity index (χ3n) is 3.72. The molecule has 0 saturated carbocycles. The summed E-state index contributed by atoms with van der Waals surface area (Å²) in [6.07, 6.45) is -0.284. The number of hydrogen-bond donors (Lipinski definition) is 3. The summed E-state index contributed by atoms with van der Waals surface area (Å²) in [5, 5.41) is 14.4. The van der Waals surface area contributed by atoms with E-state index < -0.39 is 73.0 Å². The van der Waals surface area contributed by atoms with Gasteiger partial charge in [-0.05, 0) is 23.9 Å². The van der Waals surface area contributed by atoms with Gasteiger partial charge in [-0.1, -0.05) is 51.0 Å². The minimum atomic E-state index is -1.38. The number of carboxylic acids is 1. The van der Waals surface area contributed by atoms with E-state index >= 15 is 0 Å². The van der Waals surface area contributed by atoms with Gasteiger partial charge in [0, 0.05) is 6.42 Å². The van der Waals surface area contributed by atoms with E-state index in [9.17, 15) is 14.4 Å². The lowest BCUT2D eigenvalue weighted by Gasteiger charge is -2.23. The number of aliphatic carboxylic acids is 1. The fourth-order valence-electron chi connectivity index (χ4n) is 2.24. The molecule has 0 aliphatic carbocycles. The molecule has 2 atom stereocenters. The number of benzene rings is 1. The number of hydrogen-bond acceptors (Lipinski definition) is 5. The molecule has 3 N–H and O–H groups in total. The lowest BCUT2D eigenvalue weighted by molar-refractivity contribution is -0.145. The van der Waals surface area contributed by atoms with Crippen LogP contribution in [-0.2, 0) is 25.5 Å². The maximum atomic E-state index is 12.8. The number of carbonyl (C=O) groups excluding carboxylic acids is 2. The summed E-state index contributed by atoms with van der Waals surface area (Å²) in [5.41, 5.74) is -0.213. The average Bonchev–Trinajstić information content (AvgIpc) is 2.70. The molecule has 0 bridgehead atoms. The third kappa shape index (κ3) is 9.19. The fourth-order valence-corrected chi connectivity index (χ4v) is 2.24. The van der Waals surface area contributed by atoms with E-state index in [0.29, 0.717) is 13.0 Å². The van der Waals surface area contributed by atoms with Crippen molar-refractivity contribution in [2.24, 2.45) is 5.41 Å². The highest BCUT2D eigenvalue weighted by molar-refractivity contribution is 5.90. The molecule has 0 aromatic heterocycles. The molecule has 0 spiro atoms. The van der Waals surface area contributed by atoms with E-state index in [1.807, 2.05) is 20.8 Å². The first-order chi connectivity index (χ1) is 14.7. The van der Waals surface area contributed by atoms with Crippen molar-refractivity contribution in [1.82, 2.24) is 10.6 Å². The SMILES string of the molecule is [2H]c1c([2H])c([2H])c(C[C@@H](NC(=O)[C@@H](CC(=O)O)NCCC(C)(C)C)C(=O)OC)c([2H])c1[2H]. The highest BCUT2D eigenvalue weighted by Gasteiger charge is 2.28. The summed E-state index contributed by atoms with van der Waals surface area (Å²) >= 11 is 0. The van der Waals surface area contributed by atoms with Crippen LogP contribution < -0.4 is 10.6 Å². The van der Waals surface area contributed by atoms with Crippen LogP contribution in [0.2, 0.25) is 0 Å². The van der Waals surface area contributed by atoms with Crippen LogP contribution in [0.1, 0.15) is 46.0 Å². The van der Waals surface area contributed by atoms with Gasteiger partial charge in [0.1, 0.15) is 6.04 Å². The Kier molecular flexibility index (Phi) is 6.18. The van der Waals surface area contributed by atoms with E-state index in [1.54, 1.807) is 0 Å². The van der Waals surface area contributed by atoms with E-state index in [-0.39, 0.29) is 11.0 Å². The monoisotopic (exact) mass is 383 g/mol. The van der Waals surface area contributed by atoms with Gasteiger partial charge < -0.3 is 20.5 Å². The number of ether oxygens (including phenoxy) is 1. The molecule has 0 aliphatic rings. The number of amides is 1. The van der Waals surface area contributed by atoms with Gasteiger partial charge >= 0.3 is 11.9 Å². The van der Waals surface area contributed by atoms with E-state index in [2.05, 4.69) is 10.6 Å². The molecule has 0 saturated heterocycles. The molecule has 7 nitrogen and oxygen atoms in total. The predicted octanol–water partition coefficient (Wildman–Crippen LogP) is 1.76. The Morgan fingerprint density at radius 3 is 2.33 bits per heavy atom. The van der Waals surface area contributed by atoms with Gasteiger partial charge in [-0.3, -0.25) is 9.59 Å².